The van der Waals surface area contributed by atoms with Gasteiger partial charge >= 0.3 is 0 Å². The van der Waals surface area contributed by atoms with Crippen LogP contribution in [-0.2, 0) is 14.8 Å². The molecule has 1 heterocycles. The summed E-state index contributed by atoms with van der Waals surface area (Å²) in [6.07, 6.45) is 0. The molecule has 0 saturated carbocycles. The largest absolute Gasteiger partial charge is 0.411 e. The van der Waals surface area contributed by atoms with Crippen LogP contribution in [-0.4, -0.2) is 48.2 Å². The Morgan fingerprint density at radius 2 is 1.83 bits per heavy atom. The molecule has 2 aromatic carbocycles. The molecule has 3 aromatic rings. The number of sulfonamides is 1. The summed E-state index contributed by atoms with van der Waals surface area (Å²) in [4.78, 5) is 12.8. The molecule has 1 unspecified atom stereocenters. The van der Waals surface area contributed by atoms with Crippen LogP contribution in [0.4, 0.5) is 5.69 Å². The van der Waals surface area contributed by atoms with E-state index >= 15 is 0 Å². The van der Waals surface area contributed by atoms with Crippen molar-refractivity contribution in [2.75, 3.05) is 19.4 Å². The van der Waals surface area contributed by atoms with Crippen molar-refractivity contribution in [3.63, 3.8) is 0 Å². The molecule has 0 radical (unpaired) electrons. The maximum absolute atomic E-state index is 12.7. The highest BCUT2D eigenvalue weighted by Crippen LogP contribution is 2.28. The van der Waals surface area contributed by atoms with Gasteiger partial charge < -0.3 is 9.73 Å². The van der Waals surface area contributed by atoms with E-state index in [0.29, 0.717) is 11.6 Å². The molecular formula is C20H22N4O4S2. The number of amides is 1. The van der Waals surface area contributed by atoms with Crippen molar-refractivity contribution >= 4 is 33.4 Å². The first-order chi connectivity index (χ1) is 14.2. The molecule has 0 saturated heterocycles. The molecule has 158 valence electrons. The van der Waals surface area contributed by atoms with Gasteiger partial charge in [0.15, 0.2) is 0 Å². The number of aryl methyl sites for hydroxylation is 1. The molecule has 10 heteroatoms. The molecule has 3 rings (SSSR count). The summed E-state index contributed by atoms with van der Waals surface area (Å²) < 4.78 is 31.5. The minimum absolute atomic E-state index is 0.109. The second kappa shape index (κ2) is 8.99. The van der Waals surface area contributed by atoms with E-state index in [4.69, 9.17) is 4.42 Å². The Labute approximate surface area is 179 Å². The summed E-state index contributed by atoms with van der Waals surface area (Å²) in [5, 5.41) is 10.5. The molecule has 8 nitrogen and oxygen atoms in total. The third-order valence-corrected chi connectivity index (χ3v) is 7.06. The van der Waals surface area contributed by atoms with Crippen molar-refractivity contribution in [1.82, 2.24) is 14.5 Å². The number of anilines is 1. The number of carbonyl (C=O) groups excluding carboxylic acids is 1. The van der Waals surface area contributed by atoms with Crippen molar-refractivity contribution in [2.45, 2.75) is 29.2 Å². The monoisotopic (exact) mass is 446 g/mol. The van der Waals surface area contributed by atoms with E-state index in [9.17, 15) is 13.2 Å². The summed E-state index contributed by atoms with van der Waals surface area (Å²) in [5.74, 6) is 0.0742. The van der Waals surface area contributed by atoms with Crippen LogP contribution in [0.15, 0.2) is 63.1 Å². The van der Waals surface area contributed by atoms with Gasteiger partial charge in [0, 0.05) is 25.3 Å². The molecule has 0 spiro atoms. The number of carbonyl (C=O) groups is 1. The highest BCUT2D eigenvalue weighted by atomic mass is 32.2. The summed E-state index contributed by atoms with van der Waals surface area (Å²) in [7, 11) is -0.684. The topological polar surface area (TPSA) is 105 Å². The molecule has 1 aromatic heterocycles. The normalized spacial score (nSPS) is 12.7. The second-order valence-corrected chi connectivity index (χ2v) is 10.2. The predicted molar refractivity (Wildman–Crippen MR) is 116 cm³/mol. The van der Waals surface area contributed by atoms with Crippen molar-refractivity contribution in [3.05, 3.63) is 54.1 Å². The quantitative estimate of drug-likeness (QED) is 0.554. The minimum Gasteiger partial charge on any atom is -0.411 e. The fourth-order valence-corrected chi connectivity index (χ4v) is 4.11. The Kier molecular flexibility index (Phi) is 6.59. The first kappa shape index (κ1) is 22.0. The molecule has 1 N–H and O–H groups in total. The van der Waals surface area contributed by atoms with E-state index in [0.717, 1.165) is 27.2 Å². The Hall–Kier alpha value is -2.69. The average Bonchev–Trinajstić information content (AvgIpc) is 3.18. The lowest BCUT2D eigenvalue weighted by Gasteiger charge is -2.15. The molecular weight excluding hydrogens is 424 g/mol. The lowest BCUT2D eigenvalue weighted by atomic mass is 10.2. The maximum atomic E-state index is 12.7. The van der Waals surface area contributed by atoms with Crippen LogP contribution in [0.2, 0.25) is 0 Å². The molecule has 30 heavy (non-hydrogen) atoms. The smallest absolute Gasteiger partial charge is 0.277 e. The van der Waals surface area contributed by atoms with Crippen LogP contribution in [0, 0.1) is 6.92 Å². The van der Waals surface area contributed by atoms with Crippen molar-refractivity contribution in [1.29, 1.82) is 0 Å². The van der Waals surface area contributed by atoms with Gasteiger partial charge in [-0.3, -0.25) is 4.79 Å². The molecule has 1 atom stereocenters. The first-order valence-electron chi connectivity index (χ1n) is 9.08. The first-order valence-corrected chi connectivity index (χ1v) is 11.4. The van der Waals surface area contributed by atoms with Gasteiger partial charge in [-0.1, -0.05) is 36.0 Å². The Morgan fingerprint density at radius 3 is 2.50 bits per heavy atom. The number of nitrogens with one attached hydrogen (secondary N) is 1. The standard InChI is InChI=1S/C20H22N4O4S2/c1-13-10-11-16(30(26,27)24(3)4)12-17(13)21-18(25)14(2)29-20-23-22-19(28-20)15-8-6-5-7-9-15/h5-12,14H,1-4H3,(H,21,25). The molecule has 0 aliphatic carbocycles. The van der Waals surface area contributed by atoms with Crippen molar-refractivity contribution < 1.29 is 17.6 Å². The fraction of sp³-hybridized carbons (Fsp3) is 0.250. The zero-order valence-electron chi connectivity index (χ0n) is 17.0. The van der Waals surface area contributed by atoms with Gasteiger partial charge in [0.2, 0.25) is 21.8 Å². The van der Waals surface area contributed by atoms with Gasteiger partial charge in [0.1, 0.15) is 0 Å². The third-order valence-electron chi connectivity index (χ3n) is 4.32. The van der Waals surface area contributed by atoms with Gasteiger partial charge in [-0.15, -0.1) is 10.2 Å². The van der Waals surface area contributed by atoms with Gasteiger partial charge in [-0.05, 0) is 43.7 Å². The lowest BCUT2D eigenvalue weighted by molar-refractivity contribution is -0.115. The third kappa shape index (κ3) is 4.89. The van der Waals surface area contributed by atoms with Gasteiger partial charge in [-0.2, -0.15) is 0 Å². The van der Waals surface area contributed by atoms with Gasteiger partial charge in [0.05, 0.1) is 10.1 Å². The summed E-state index contributed by atoms with van der Waals surface area (Å²) >= 11 is 1.13. The number of hydrogen-bond acceptors (Lipinski definition) is 7. The Bertz CT molecular complexity index is 1140. The highest BCUT2D eigenvalue weighted by Gasteiger charge is 2.22. The van der Waals surface area contributed by atoms with E-state index in [2.05, 4.69) is 15.5 Å². The Morgan fingerprint density at radius 1 is 1.13 bits per heavy atom. The average molecular weight is 447 g/mol. The zero-order chi connectivity index (χ0) is 21.9. The SMILES string of the molecule is Cc1ccc(S(=O)(=O)N(C)C)cc1NC(=O)C(C)Sc1nnc(-c2ccccc2)o1. The van der Waals surface area contributed by atoms with Crippen LogP contribution in [0.25, 0.3) is 11.5 Å². The summed E-state index contributed by atoms with van der Waals surface area (Å²) in [6, 6.07) is 14.0. The minimum atomic E-state index is -3.60. The molecule has 0 fully saturated rings. The highest BCUT2D eigenvalue weighted by molar-refractivity contribution is 8.00. The number of aromatic nitrogens is 2. The number of nitrogens with zero attached hydrogens (tertiary/aromatic N) is 3. The molecule has 0 aliphatic heterocycles. The van der Waals surface area contributed by atoms with E-state index < -0.39 is 15.3 Å². The summed E-state index contributed by atoms with van der Waals surface area (Å²) in [5.41, 5.74) is 1.98. The van der Waals surface area contributed by atoms with Gasteiger partial charge in [0.25, 0.3) is 5.22 Å². The van der Waals surface area contributed by atoms with Crippen LogP contribution in [0.5, 0.6) is 0 Å². The van der Waals surface area contributed by atoms with Crippen LogP contribution in [0.3, 0.4) is 0 Å². The van der Waals surface area contributed by atoms with E-state index in [1.807, 2.05) is 30.3 Å². The van der Waals surface area contributed by atoms with Crippen LogP contribution >= 0.6 is 11.8 Å². The fourth-order valence-electron chi connectivity index (χ4n) is 2.50. The number of benzene rings is 2. The molecule has 0 bridgehead atoms. The van der Waals surface area contributed by atoms with Crippen LogP contribution in [0.1, 0.15) is 12.5 Å². The number of hydrogen-bond donors (Lipinski definition) is 1. The zero-order valence-corrected chi connectivity index (χ0v) is 18.6. The van der Waals surface area contributed by atoms with E-state index in [1.165, 1.54) is 26.2 Å². The Balaban J connectivity index is 1.71. The van der Waals surface area contributed by atoms with Gasteiger partial charge in [-0.25, -0.2) is 12.7 Å². The lowest BCUT2D eigenvalue weighted by Crippen LogP contribution is -2.24. The number of thioether (sulfide) groups is 1. The second-order valence-electron chi connectivity index (χ2n) is 6.75. The van der Waals surface area contributed by atoms with E-state index in [1.54, 1.807) is 19.9 Å². The van der Waals surface area contributed by atoms with E-state index in [-0.39, 0.29) is 16.0 Å². The molecule has 0 aliphatic rings. The predicted octanol–water partition coefficient (Wildman–Crippen LogP) is 3.41. The maximum Gasteiger partial charge on any atom is 0.277 e. The van der Waals surface area contributed by atoms with Crippen LogP contribution < -0.4 is 5.32 Å². The number of rotatable bonds is 7. The summed E-state index contributed by atoms with van der Waals surface area (Å²) in [6.45, 7) is 3.51. The molecule has 1 amide bonds. The van der Waals surface area contributed by atoms with Crippen molar-refractivity contribution in [3.8, 4) is 11.5 Å². The van der Waals surface area contributed by atoms with Crippen molar-refractivity contribution in [2.24, 2.45) is 0 Å².